The number of ether oxygens (including phenoxy) is 1. The van der Waals surface area contributed by atoms with Crippen LogP contribution in [0.2, 0.25) is 0 Å². The topological polar surface area (TPSA) is 120 Å². The molecule has 116 valence electrons. The van der Waals surface area contributed by atoms with Gasteiger partial charge in [0.1, 0.15) is 18.7 Å². The Hall–Kier alpha value is -3.30. The van der Waals surface area contributed by atoms with E-state index in [1.807, 2.05) is 13.8 Å². The Kier molecular flexibility index (Phi) is 3.00. The fourth-order valence-electron chi connectivity index (χ4n) is 2.19. The number of nitrogens with zero attached hydrogens (tertiary/aromatic N) is 7. The van der Waals surface area contributed by atoms with Gasteiger partial charge in [-0.05, 0) is 13.8 Å². The molecule has 0 aliphatic rings. The fourth-order valence-corrected chi connectivity index (χ4v) is 2.19. The number of hydrogen-bond donors (Lipinski definition) is 1. The van der Waals surface area contributed by atoms with E-state index in [0.717, 1.165) is 11.1 Å². The first-order valence-electron chi connectivity index (χ1n) is 6.84. The Morgan fingerprint density at radius 1 is 1.35 bits per heavy atom. The van der Waals surface area contributed by atoms with Crippen LogP contribution in [-0.2, 0) is 6.61 Å². The molecule has 0 aromatic carbocycles. The summed E-state index contributed by atoms with van der Waals surface area (Å²) in [5, 5.41) is 23.0. The average molecular weight is 312 g/mol. The number of H-pyrrole nitrogens is 1. The van der Waals surface area contributed by atoms with E-state index in [9.17, 15) is 0 Å². The largest absolute Gasteiger partial charge is 0.468 e. The van der Waals surface area contributed by atoms with Crippen LogP contribution in [-0.4, -0.2) is 40.1 Å². The van der Waals surface area contributed by atoms with Crippen LogP contribution in [0.4, 0.5) is 0 Å². The van der Waals surface area contributed by atoms with Gasteiger partial charge in [0, 0.05) is 11.6 Å². The van der Waals surface area contributed by atoms with Gasteiger partial charge in [-0.1, -0.05) is 5.16 Å². The van der Waals surface area contributed by atoms with Crippen LogP contribution in [0.5, 0.6) is 5.88 Å². The van der Waals surface area contributed by atoms with Crippen molar-refractivity contribution in [3.8, 4) is 17.4 Å². The van der Waals surface area contributed by atoms with Gasteiger partial charge in [-0.25, -0.2) is 9.50 Å². The van der Waals surface area contributed by atoms with E-state index in [1.165, 1.54) is 6.33 Å². The van der Waals surface area contributed by atoms with Crippen LogP contribution in [0.25, 0.3) is 17.0 Å². The lowest BCUT2D eigenvalue weighted by molar-refractivity contribution is 0.281. The summed E-state index contributed by atoms with van der Waals surface area (Å²) < 4.78 is 12.4. The van der Waals surface area contributed by atoms with Gasteiger partial charge >= 0.3 is 0 Å². The van der Waals surface area contributed by atoms with Crippen molar-refractivity contribution in [1.29, 1.82) is 0 Å². The molecule has 1 N–H and O–H groups in total. The van der Waals surface area contributed by atoms with Gasteiger partial charge in [-0.3, -0.25) is 5.10 Å². The SMILES string of the molecule is Cc1cc(-c2nncc3c(C)c(OCc4ncn[nH]4)nn23)no1. The molecule has 0 unspecified atom stereocenters. The van der Waals surface area contributed by atoms with Crippen molar-refractivity contribution >= 4 is 5.52 Å². The number of nitrogens with one attached hydrogen (secondary N) is 1. The van der Waals surface area contributed by atoms with Gasteiger partial charge in [0.2, 0.25) is 11.7 Å². The van der Waals surface area contributed by atoms with Crippen LogP contribution in [0, 0.1) is 13.8 Å². The molecule has 0 aliphatic carbocycles. The second-order valence-electron chi connectivity index (χ2n) is 4.94. The van der Waals surface area contributed by atoms with Gasteiger partial charge in [0.05, 0.1) is 11.7 Å². The minimum absolute atomic E-state index is 0.240. The third kappa shape index (κ3) is 2.29. The van der Waals surface area contributed by atoms with Crippen molar-refractivity contribution in [2.45, 2.75) is 20.5 Å². The summed E-state index contributed by atoms with van der Waals surface area (Å²) in [7, 11) is 0. The molecule has 0 atom stereocenters. The van der Waals surface area contributed by atoms with E-state index in [2.05, 4.69) is 35.6 Å². The van der Waals surface area contributed by atoms with E-state index < -0.39 is 0 Å². The summed E-state index contributed by atoms with van der Waals surface area (Å²) in [4.78, 5) is 4.01. The molecule has 4 rings (SSSR count). The maximum Gasteiger partial charge on any atom is 0.237 e. The Labute approximate surface area is 129 Å². The fraction of sp³-hybridized carbons (Fsp3) is 0.231. The predicted octanol–water partition coefficient (Wildman–Crippen LogP) is 1.09. The zero-order chi connectivity index (χ0) is 15.8. The molecule has 0 radical (unpaired) electrons. The van der Waals surface area contributed by atoms with E-state index in [1.54, 1.807) is 16.8 Å². The Morgan fingerprint density at radius 2 is 2.26 bits per heavy atom. The lowest BCUT2D eigenvalue weighted by Crippen LogP contribution is -2.01. The quantitative estimate of drug-likeness (QED) is 0.594. The van der Waals surface area contributed by atoms with Gasteiger partial charge < -0.3 is 9.26 Å². The third-order valence-corrected chi connectivity index (χ3v) is 3.32. The van der Waals surface area contributed by atoms with Gasteiger partial charge in [-0.2, -0.15) is 10.2 Å². The molecule has 0 bridgehead atoms. The zero-order valence-corrected chi connectivity index (χ0v) is 12.4. The minimum Gasteiger partial charge on any atom is -0.468 e. The monoisotopic (exact) mass is 312 g/mol. The second-order valence-corrected chi connectivity index (χ2v) is 4.94. The molecule has 10 heteroatoms. The van der Waals surface area contributed by atoms with Crippen molar-refractivity contribution in [2.24, 2.45) is 0 Å². The van der Waals surface area contributed by atoms with Crippen LogP contribution < -0.4 is 4.74 Å². The smallest absolute Gasteiger partial charge is 0.237 e. The molecular weight excluding hydrogens is 300 g/mol. The summed E-state index contributed by atoms with van der Waals surface area (Å²) >= 11 is 0. The minimum atomic E-state index is 0.240. The molecule has 0 saturated heterocycles. The van der Waals surface area contributed by atoms with Crippen LogP contribution in [0.15, 0.2) is 23.1 Å². The second kappa shape index (κ2) is 5.16. The van der Waals surface area contributed by atoms with Crippen LogP contribution in [0.1, 0.15) is 17.1 Å². The summed E-state index contributed by atoms with van der Waals surface area (Å²) in [5.41, 5.74) is 2.19. The van der Waals surface area contributed by atoms with Crippen molar-refractivity contribution in [3.05, 3.63) is 35.7 Å². The average Bonchev–Trinajstić information content (AvgIpc) is 3.27. The zero-order valence-electron chi connectivity index (χ0n) is 12.4. The predicted molar refractivity (Wildman–Crippen MR) is 76.5 cm³/mol. The summed E-state index contributed by atoms with van der Waals surface area (Å²) in [6.07, 6.45) is 3.05. The van der Waals surface area contributed by atoms with Crippen molar-refractivity contribution in [2.75, 3.05) is 0 Å². The van der Waals surface area contributed by atoms with Crippen molar-refractivity contribution in [1.82, 2.24) is 40.1 Å². The molecule has 0 spiro atoms. The number of fused-ring (bicyclic) bond motifs is 1. The van der Waals surface area contributed by atoms with Crippen LogP contribution >= 0.6 is 0 Å². The number of aryl methyl sites for hydroxylation is 2. The first-order valence-corrected chi connectivity index (χ1v) is 6.84. The molecule has 4 heterocycles. The highest BCUT2D eigenvalue weighted by atomic mass is 16.5. The molecule has 0 fully saturated rings. The Morgan fingerprint density at radius 3 is 3.00 bits per heavy atom. The standard InChI is InChI=1S/C13H12N8O2/c1-7-3-9(20-23-7)12-18-15-4-10-8(2)13(19-21(10)12)22-5-11-14-6-16-17-11/h3-4,6H,5H2,1-2H3,(H,14,16,17). The van der Waals surface area contributed by atoms with E-state index >= 15 is 0 Å². The van der Waals surface area contributed by atoms with E-state index in [0.29, 0.717) is 29.0 Å². The lowest BCUT2D eigenvalue weighted by Gasteiger charge is -1.99. The number of rotatable bonds is 4. The molecule has 0 saturated carbocycles. The molecule has 23 heavy (non-hydrogen) atoms. The number of hydrogen-bond acceptors (Lipinski definition) is 8. The van der Waals surface area contributed by atoms with Gasteiger partial charge in [0.15, 0.2) is 11.5 Å². The molecule has 0 aliphatic heterocycles. The Bertz CT molecular complexity index is 956. The molecular formula is C13H12N8O2. The molecule has 4 aromatic rings. The van der Waals surface area contributed by atoms with Crippen LogP contribution in [0.3, 0.4) is 0 Å². The molecule has 4 aromatic heterocycles. The molecule has 10 nitrogen and oxygen atoms in total. The van der Waals surface area contributed by atoms with Gasteiger partial charge in [0.25, 0.3) is 0 Å². The lowest BCUT2D eigenvalue weighted by atomic mass is 10.3. The third-order valence-electron chi connectivity index (χ3n) is 3.32. The van der Waals surface area contributed by atoms with E-state index in [-0.39, 0.29) is 6.61 Å². The summed E-state index contributed by atoms with van der Waals surface area (Å²) in [6, 6.07) is 1.77. The highest BCUT2D eigenvalue weighted by Crippen LogP contribution is 2.25. The Balaban J connectivity index is 1.74. The number of aromatic amines is 1. The maximum absolute atomic E-state index is 5.70. The summed E-state index contributed by atoms with van der Waals surface area (Å²) in [6.45, 7) is 3.95. The highest BCUT2D eigenvalue weighted by molar-refractivity contribution is 5.62. The van der Waals surface area contributed by atoms with E-state index in [4.69, 9.17) is 9.26 Å². The normalized spacial score (nSPS) is 11.2. The van der Waals surface area contributed by atoms with Gasteiger partial charge in [-0.15, -0.1) is 10.2 Å². The summed E-state index contributed by atoms with van der Waals surface area (Å²) in [5.74, 6) is 2.25. The highest BCUT2D eigenvalue weighted by Gasteiger charge is 2.17. The first kappa shape index (κ1) is 13.4. The van der Waals surface area contributed by atoms with Crippen molar-refractivity contribution in [3.63, 3.8) is 0 Å². The molecule has 0 amide bonds. The number of aromatic nitrogens is 8. The first-order chi connectivity index (χ1) is 11.2. The van der Waals surface area contributed by atoms with Crippen molar-refractivity contribution < 1.29 is 9.26 Å². The maximum atomic E-state index is 5.70.